The molecule has 5 aromatic carbocycles. The Bertz CT molecular complexity index is 1940. The molecule has 5 aromatic rings. The lowest BCUT2D eigenvalue weighted by Crippen LogP contribution is -2.68. The molecule has 0 bridgehead atoms. The zero-order chi connectivity index (χ0) is 36.3. The number of hydrogen-bond donors (Lipinski definition) is 0. The van der Waals surface area contributed by atoms with Crippen molar-refractivity contribution in [3.05, 3.63) is 179 Å². The van der Waals surface area contributed by atoms with Crippen molar-refractivity contribution in [1.29, 1.82) is 0 Å². The van der Waals surface area contributed by atoms with E-state index in [1.165, 1.54) is 0 Å². The molecule has 10 nitrogen and oxygen atoms in total. The maximum atomic E-state index is 13.7. The summed E-state index contributed by atoms with van der Waals surface area (Å²) in [7, 11) is 0. The van der Waals surface area contributed by atoms with Crippen molar-refractivity contribution in [2.75, 3.05) is 6.61 Å². The topological polar surface area (TPSA) is 124 Å². The Kier molecular flexibility index (Phi) is 11.5. The van der Waals surface area contributed by atoms with E-state index in [2.05, 4.69) is 0 Å². The minimum absolute atomic E-state index is 0.0243. The highest BCUT2D eigenvalue weighted by molar-refractivity contribution is 5.91. The summed E-state index contributed by atoms with van der Waals surface area (Å²) in [6, 6.07) is 42.2. The van der Waals surface area contributed by atoms with Crippen LogP contribution in [0.5, 0.6) is 0 Å². The van der Waals surface area contributed by atoms with Gasteiger partial charge in [-0.3, -0.25) is 0 Å². The van der Waals surface area contributed by atoms with E-state index in [0.717, 1.165) is 5.56 Å². The van der Waals surface area contributed by atoms with Gasteiger partial charge in [-0.15, -0.1) is 0 Å². The van der Waals surface area contributed by atoms with Crippen LogP contribution in [0.15, 0.2) is 152 Å². The number of esters is 4. The Labute approximate surface area is 300 Å². The van der Waals surface area contributed by atoms with Gasteiger partial charge in [0.05, 0.1) is 28.9 Å². The highest BCUT2D eigenvalue weighted by atomic mass is 16.8. The van der Waals surface area contributed by atoms with E-state index in [1.807, 2.05) is 30.3 Å². The second-order valence-corrected chi connectivity index (χ2v) is 12.2. The molecule has 0 radical (unpaired) electrons. The molecule has 0 aliphatic carbocycles. The zero-order valence-electron chi connectivity index (χ0n) is 28.2. The minimum Gasteiger partial charge on any atom is -0.459 e. The second kappa shape index (κ2) is 16.7. The first-order chi connectivity index (χ1) is 25.3. The summed E-state index contributed by atoms with van der Waals surface area (Å²) in [6.45, 7) is 1.05. The van der Waals surface area contributed by atoms with Gasteiger partial charge in [0.15, 0.2) is 12.2 Å². The Hall–Kier alpha value is -6.10. The summed E-state index contributed by atoms with van der Waals surface area (Å²) >= 11 is 0. The summed E-state index contributed by atoms with van der Waals surface area (Å²) in [4.78, 5) is 54.2. The molecule has 0 amide bonds. The van der Waals surface area contributed by atoms with Crippen LogP contribution in [0.4, 0.5) is 0 Å². The average Bonchev–Trinajstić information content (AvgIpc) is 3.20. The van der Waals surface area contributed by atoms with Gasteiger partial charge in [0.2, 0.25) is 6.29 Å². The second-order valence-electron chi connectivity index (χ2n) is 12.2. The maximum absolute atomic E-state index is 13.7. The molecule has 1 aliphatic rings. The van der Waals surface area contributed by atoms with Gasteiger partial charge >= 0.3 is 23.9 Å². The average molecular weight is 701 g/mol. The molecule has 0 N–H and O–H groups in total. The van der Waals surface area contributed by atoms with Crippen LogP contribution < -0.4 is 0 Å². The fraction of sp³-hybridized carbons (Fsp3) is 0.190. The molecule has 0 saturated carbocycles. The number of rotatable bonds is 12. The SMILES string of the molecule is C[C@]1(COC(=O)c2ccccc2)O[C@@H](OC(=O)c2ccccc2)[C@H](OC(=O)c2ccccc2)[C@@H](OCc2ccccc2)[C@@H]1OC(=O)c1ccccc1. The summed E-state index contributed by atoms with van der Waals surface area (Å²) in [5.41, 5.74) is -0.0451. The Balaban J connectivity index is 1.42. The molecule has 1 heterocycles. The maximum Gasteiger partial charge on any atom is 0.340 e. The van der Waals surface area contributed by atoms with Crippen LogP contribution in [0.3, 0.4) is 0 Å². The molecule has 0 aromatic heterocycles. The standard InChI is InChI=1S/C42H36O10/c1-42(28-48-37(43)30-19-9-3-10-20-30)36(50-39(45)32-23-13-5-14-24-32)34(47-27-29-17-7-2-8-18-29)35(49-38(44)31-21-11-4-12-22-31)41(52-42)51-40(46)33-25-15-6-16-26-33/h2-26,34-36,41H,27-28H2,1H3/t34-,35-,36+,41-,42-/m1/s1. The Morgan fingerprint density at radius 1 is 0.519 bits per heavy atom. The fourth-order valence-electron chi connectivity index (χ4n) is 5.68. The van der Waals surface area contributed by atoms with Crippen molar-refractivity contribution in [2.45, 2.75) is 43.7 Å². The third-order valence-corrected chi connectivity index (χ3v) is 8.39. The van der Waals surface area contributed by atoms with Crippen molar-refractivity contribution >= 4 is 23.9 Å². The fourth-order valence-corrected chi connectivity index (χ4v) is 5.68. The lowest BCUT2D eigenvalue weighted by atomic mass is 9.87. The van der Waals surface area contributed by atoms with Crippen LogP contribution in [0, 0.1) is 0 Å². The van der Waals surface area contributed by atoms with Crippen LogP contribution in [-0.4, -0.2) is 60.7 Å². The highest BCUT2D eigenvalue weighted by Crippen LogP contribution is 2.38. The molecule has 6 rings (SSSR count). The van der Waals surface area contributed by atoms with Crippen molar-refractivity contribution in [3.63, 3.8) is 0 Å². The van der Waals surface area contributed by atoms with Gasteiger partial charge in [0, 0.05) is 0 Å². The number of hydrogen-bond acceptors (Lipinski definition) is 10. The minimum atomic E-state index is -1.71. The van der Waals surface area contributed by atoms with E-state index in [1.54, 1.807) is 128 Å². The highest BCUT2D eigenvalue weighted by Gasteiger charge is 2.59. The van der Waals surface area contributed by atoms with E-state index in [9.17, 15) is 19.2 Å². The van der Waals surface area contributed by atoms with Gasteiger partial charge in [0.1, 0.15) is 18.3 Å². The predicted molar refractivity (Wildman–Crippen MR) is 188 cm³/mol. The molecular weight excluding hydrogens is 664 g/mol. The van der Waals surface area contributed by atoms with E-state index in [4.69, 9.17) is 28.4 Å². The van der Waals surface area contributed by atoms with Crippen molar-refractivity contribution in [3.8, 4) is 0 Å². The number of carbonyl (C=O) groups is 4. The molecule has 52 heavy (non-hydrogen) atoms. The predicted octanol–water partition coefficient (Wildman–Crippen LogP) is 6.85. The normalized spacial score (nSPS) is 20.9. The van der Waals surface area contributed by atoms with Crippen LogP contribution in [0.25, 0.3) is 0 Å². The Morgan fingerprint density at radius 3 is 1.40 bits per heavy atom. The van der Waals surface area contributed by atoms with Gasteiger partial charge in [-0.2, -0.15) is 0 Å². The zero-order valence-corrected chi connectivity index (χ0v) is 28.2. The smallest absolute Gasteiger partial charge is 0.340 e. The first-order valence-corrected chi connectivity index (χ1v) is 16.6. The summed E-state index contributed by atoms with van der Waals surface area (Å²) in [5.74, 6) is -2.96. The van der Waals surface area contributed by atoms with Gasteiger partial charge < -0.3 is 28.4 Å². The van der Waals surface area contributed by atoms with Gasteiger partial charge in [-0.25, -0.2) is 19.2 Å². The van der Waals surface area contributed by atoms with Gasteiger partial charge in [-0.05, 0) is 61.0 Å². The summed E-state index contributed by atoms with van der Waals surface area (Å²) < 4.78 is 36.9. The lowest BCUT2D eigenvalue weighted by Gasteiger charge is -2.49. The monoisotopic (exact) mass is 700 g/mol. The van der Waals surface area contributed by atoms with Gasteiger partial charge in [-0.1, -0.05) is 103 Å². The number of ether oxygens (including phenoxy) is 6. The summed E-state index contributed by atoms with van der Waals surface area (Å²) in [5, 5.41) is 0. The third kappa shape index (κ3) is 8.79. The van der Waals surface area contributed by atoms with Crippen molar-refractivity contribution in [1.82, 2.24) is 0 Å². The van der Waals surface area contributed by atoms with E-state index >= 15 is 0 Å². The third-order valence-electron chi connectivity index (χ3n) is 8.39. The van der Waals surface area contributed by atoms with Gasteiger partial charge in [0.25, 0.3) is 0 Å². The van der Waals surface area contributed by atoms with E-state index in [0.29, 0.717) is 0 Å². The molecule has 0 unspecified atom stereocenters. The largest absolute Gasteiger partial charge is 0.459 e. The molecule has 1 aliphatic heterocycles. The first-order valence-electron chi connectivity index (χ1n) is 16.6. The summed E-state index contributed by atoms with van der Waals surface area (Å²) in [6.07, 6.45) is -5.79. The molecule has 5 atom stereocenters. The van der Waals surface area contributed by atoms with Crippen molar-refractivity contribution < 1.29 is 47.6 Å². The number of benzene rings is 5. The van der Waals surface area contributed by atoms with Crippen LogP contribution in [0.2, 0.25) is 0 Å². The van der Waals surface area contributed by atoms with Crippen LogP contribution in [0.1, 0.15) is 53.9 Å². The first kappa shape index (κ1) is 35.7. The molecular formula is C42H36O10. The molecule has 1 saturated heterocycles. The molecule has 10 heteroatoms. The number of carbonyl (C=O) groups excluding carboxylic acids is 4. The molecule has 1 fully saturated rings. The van der Waals surface area contributed by atoms with Crippen LogP contribution >= 0.6 is 0 Å². The lowest BCUT2D eigenvalue weighted by molar-refractivity contribution is -0.325. The molecule has 264 valence electrons. The van der Waals surface area contributed by atoms with Crippen LogP contribution in [-0.2, 0) is 35.0 Å². The quantitative estimate of drug-likeness (QED) is 0.101. The van der Waals surface area contributed by atoms with Crippen molar-refractivity contribution in [2.24, 2.45) is 0 Å². The molecule has 0 spiro atoms. The Morgan fingerprint density at radius 2 is 0.923 bits per heavy atom. The van der Waals surface area contributed by atoms with E-state index < -0.39 is 60.7 Å². The van der Waals surface area contributed by atoms with E-state index in [-0.39, 0.29) is 28.9 Å².